The molecule has 0 bridgehead atoms. The Kier molecular flexibility index (Phi) is 5.60. The first kappa shape index (κ1) is 17.3. The molecule has 0 fully saturated rings. The predicted octanol–water partition coefficient (Wildman–Crippen LogP) is 3.15. The van der Waals surface area contributed by atoms with Gasteiger partial charge in [-0.3, -0.25) is 9.69 Å². The lowest BCUT2D eigenvalue weighted by molar-refractivity contribution is -0.139. The molecule has 1 aliphatic heterocycles. The van der Waals surface area contributed by atoms with Crippen LogP contribution in [-0.4, -0.2) is 34.8 Å². The van der Waals surface area contributed by atoms with Crippen molar-refractivity contribution in [2.75, 3.05) is 12.9 Å². The number of rotatable bonds is 3. The minimum atomic E-state index is -0.465. The Hall–Kier alpha value is -2.08. The van der Waals surface area contributed by atoms with E-state index >= 15 is 0 Å². The Morgan fingerprint density at radius 3 is 2.48 bits per heavy atom. The molecule has 1 heterocycles. The highest BCUT2D eigenvalue weighted by Gasteiger charge is 2.35. The maximum Gasteiger partial charge on any atom is 0.338 e. The van der Waals surface area contributed by atoms with Crippen molar-refractivity contribution in [1.29, 1.82) is 0 Å². The smallest absolute Gasteiger partial charge is 0.338 e. The molecular formula is C17H20N2O3S. The Bertz CT molecular complexity index is 668. The molecule has 0 aliphatic carbocycles. The fourth-order valence-corrected chi connectivity index (χ4v) is 3.21. The first-order chi connectivity index (χ1) is 11.0. The summed E-state index contributed by atoms with van der Waals surface area (Å²) in [4.78, 5) is 30.6. The molecule has 23 heavy (non-hydrogen) atoms. The van der Waals surface area contributed by atoms with E-state index < -0.39 is 12.0 Å². The summed E-state index contributed by atoms with van der Waals surface area (Å²) in [6.07, 6.45) is 1.86. The highest BCUT2D eigenvalue weighted by atomic mass is 32.2. The molecule has 1 aliphatic rings. The fraction of sp³-hybridized carbons (Fsp3) is 0.353. The van der Waals surface area contributed by atoms with Crippen LogP contribution in [0.1, 0.15) is 32.4 Å². The maximum atomic E-state index is 12.5. The van der Waals surface area contributed by atoms with E-state index in [1.54, 1.807) is 13.8 Å². The zero-order valence-corrected chi connectivity index (χ0v) is 14.5. The number of benzene rings is 1. The van der Waals surface area contributed by atoms with E-state index in [9.17, 15) is 9.59 Å². The average molecular weight is 332 g/mol. The van der Waals surface area contributed by atoms with Crippen molar-refractivity contribution in [2.24, 2.45) is 4.99 Å². The second-order valence-corrected chi connectivity index (χ2v) is 5.78. The van der Waals surface area contributed by atoms with Crippen molar-refractivity contribution in [3.8, 4) is 0 Å². The fourth-order valence-electron chi connectivity index (χ4n) is 2.55. The van der Waals surface area contributed by atoms with Gasteiger partial charge in [0.2, 0.25) is 5.91 Å². The van der Waals surface area contributed by atoms with E-state index in [1.807, 2.05) is 36.6 Å². The Balaban J connectivity index is 2.59. The SMILES string of the molecule is CCOC(=O)C1=C(C)N(C(C)=O)C(SC)=N[C@@H]1c1ccccc1. The Morgan fingerprint density at radius 2 is 1.96 bits per heavy atom. The van der Waals surface area contributed by atoms with E-state index in [2.05, 4.69) is 4.99 Å². The quantitative estimate of drug-likeness (QED) is 0.798. The lowest BCUT2D eigenvalue weighted by Gasteiger charge is -2.32. The molecule has 2 rings (SSSR count). The lowest BCUT2D eigenvalue weighted by Crippen LogP contribution is -2.38. The number of esters is 1. The Morgan fingerprint density at radius 1 is 1.30 bits per heavy atom. The number of allylic oxidation sites excluding steroid dienone is 1. The monoisotopic (exact) mass is 332 g/mol. The van der Waals surface area contributed by atoms with Gasteiger partial charge in [-0.15, -0.1) is 0 Å². The molecule has 1 atom stereocenters. The summed E-state index contributed by atoms with van der Waals surface area (Å²) < 4.78 is 5.19. The van der Waals surface area contributed by atoms with Crippen LogP contribution in [0.15, 0.2) is 46.6 Å². The second kappa shape index (κ2) is 7.46. The first-order valence-electron chi connectivity index (χ1n) is 7.36. The molecular weight excluding hydrogens is 312 g/mol. The molecule has 1 amide bonds. The van der Waals surface area contributed by atoms with Crippen molar-refractivity contribution in [1.82, 2.24) is 4.90 Å². The normalized spacial score (nSPS) is 17.8. The van der Waals surface area contributed by atoms with Crippen LogP contribution in [0.4, 0.5) is 0 Å². The molecule has 0 unspecified atom stereocenters. The maximum absolute atomic E-state index is 12.5. The summed E-state index contributed by atoms with van der Waals surface area (Å²) in [5.74, 6) is -0.613. The van der Waals surface area contributed by atoms with Crippen LogP contribution >= 0.6 is 11.8 Å². The van der Waals surface area contributed by atoms with Gasteiger partial charge < -0.3 is 4.74 Å². The van der Waals surface area contributed by atoms with Crippen LogP contribution < -0.4 is 0 Å². The van der Waals surface area contributed by atoms with E-state index in [0.29, 0.717) is 16.4 Å². The molecule has 0 radical (unpaired) electrons. The van der Waals surface area contributed by atoms with Gasteiger partial charge in [-0.25, -0.2) is 9.79 Å². The number of ether oxygens (including phenoxy) is 1. The van der Waals surface area contributed by atoms with Gasteiger partial charge in [-0.2, -0.15) is 0 Å². The number of aliphatic imine (C=N–C) groups is 1. The van der Waals surface area contributed by atoms with Crippen LogP contribution in [0.3, 0.4) is 0 Å². The average Bonchev–Trinajstić information content (AvgIpc) is 2.54. The lowest BCUT2D eigenvalue weighted by atomic mass is 9.96. The third-order valence-electron chi connectivity index (χ3n) is 3.54. The van der Waals surface area contributed by atoms with Crippen molar-refractivity contribution in [3.05, 3.63) is 47.2 Å². The summed E-state index contributed by atoms with van der Waals surface area (Å²) in [5.41, 5.74) is 1.87. The van der Waals surface area contributed by atoms with Crippen LogP contribution in [0, 0.1) is 0 Å². The Labute approximate surface area is 140 Å². The molecule has 122 valence electrons. The summed E-state index contributed by atoms with van der Waals surface area (Å²) >= 11 is 1.38. The number of carbonyl (C=O) groups is 2. The van der Waals surface area contributed by atoms with Crippen molar-refractivity contribution in [3.63, 3.8) is 0 Å². The standard InChI is InChI=1S/C17H20N2O3S/c1-5-22-16(21)14-11(2)19(12(3)20)17(23-4)18-15(14)13-9-7-6-8-10-13/h6-10,15H,5H2,1-4H3/t15-/m1/s1. The van der Waals surface area contributed by atoms with E-state index in [-0.39, 0.29) is 12.5 Å². The molecule has 6 heteroatoms. The van der Waals surface area contributed by atoms with Crippen molar-refractivity contribution < 1.29 is 14.3 Å². The molecule has 1 aromatic carbocycles. The summed E-state index contributed by atoms with van der Waals surface area (Å²) in [6, 6.07) is 9.09. The third kappa shape index (κ3) is 3.47. The predicted molar refractivity (Wildman–Crippen MR) is 92.0 cm³/mol. The molecule has 0 N–H and O–H groups in total. The van der Waals surface area contributed by atoms with Gasteiger partial charge in [0.15, 0.2) is 5.17 Å². The molecule has 1 aromatic rings. The summed E-state index contributed by atoms with van der Waals surface area (Å²) in [5, 5.41) is 0.580. The van der Waals surface area contributed by atoms with Gasteiger partial charge in [-0.05, 0) is 25.7 Å². The molecule has 0 aromatic heterocycles. The molecule has 0 spiro atoms. The zero-order chi connectivity index (χ0) is 17.0. The number of hydrogen-bond acceptors (Lipinski definition) is 5. The van der Waals surface area contributed by atoms with Gasteiger partial charge in [0, 0.05) is 12.6 Å². The number of nitrogens with zero attached hydrogens (tertiary/aromatic N) is 2. The van der Waals surface area contributed by atoms with Crippen LogP contribution in [0.5, 0.6) is 0 Å². The topological polar surface area (TPSA) is 59.0 Å². The zero-order valence-electron chi connectivity index (χ0n) is 13.7. The number of amidine groups is 1. The van der Waals surface area contributed by atoms with Gasteiger partial charge >= 0.3 is 5.97 Å². The number of thioether (sulfide) groups is 1. The van der Waals surface area contributed by atoms with Gasteiger partial charge in [0.05, 0.1) is 12.2 Å². The summed E-state index contributed by atoms with van der Waals surface area (Å²) in [7, 11) is 0. The van der Waals surface area contributed by atoms with Crippen molar-refractivity contribution in [2.45, 2.75) is 26.8 Å². The van der Waals surface area contributed by atoms with E-state index in [1.165, 1.54) is 23.6 Å². The minimum Gasteiger partial charge on any atom is -0.463 e. The number of hydrogen-bond donors (Lipinski definition) is 0. The summed E-state index contributed by atoms with van der Waals surface area (Å²) in [6.45, 7) is 5.25. The molecule has 5 nitrogen and oxygen atoms in total. The number of amides is 1. The molecule has 0 saturated carbocycles. The van der Waals surface area contributed by atoms with Crippen LogP contribution in [0.25, 0.3) is 0 Å². The van der Waals surface area contributed by atoms with Gasteiger partial charge in [-0.1, -0.05) is 42.1 Å². The highest BCUT2D eigenvalue weighted by molar-refractivity contribution is 8.13. The second-order valence-electron chi connectivity index (χ2n) is 5.00. The van der Waals surface area contributed by atoms with Crippen LogP contribution in [0.2, 0.25) is 0 Å². The third-order valence-corrected chi connectivity index (χ3v) is 4.19. The van der Waals surface area contributed by atoms with E-state index in [4.69, 9.17) is 4.74 Å². The first-order valence-corrected chi connectivity index (χ1v) is 8.59. The minimum absolute atomic E-state index is 0.177. The van der Waals surface area contributed by atoms with Crippen molar-refractivity contribution >= 4 is 28.8 Å². The highest BCUT2D eigenvalue weighted by Crippen LogP contribution is 2.36. The molecule has 0 saturated heterocycles. The largest absolute Gasteiger partial charge is 0.463 e. The van der Waals surface area contributed by atoms with Gasteiger partial charge in [0.1, 0.15) is 6.04 Å². The number of carbonyl (C=O) groups excluding carboxylic acids is 2. The van der Waals surface area contributed by atoms with Gasteiger partial charge in [0.25, 0.3) is 0 Å². The van der Waals surface area contributed by atoms with Crippen LogP contribution in [-0.2, 0) is 14.3 Å². The van der Waals surface area contributed by atoms with E-state index in [0.717, 1.165) is 5.56 Å².